The van der Waals surface area contributed by atoms with E-state index in [0.717, 1.165) is 17.4 Å². The van der Waals surface area contributed by atoms with Gasteiger partial charge >= 0.3 is 0 Å². The van der Waals surface area contributed by atoms with Gasteiger partial charge in [0.05, 0.1) is 5.88 Å². The molecule has 6 heteroatoms. The van der Waals surface area contributed by atoms with Crippen molar-refractivity contribution in [2.45, 2.75) is 18.9 Å². The molecule has 4 rings (SSSR count). The maximum Gasteiger partial charge on any atom is 0.255 e. The molecule has 2 heterocycles. The van der Waals surface area contributed by atoms with E-state index in [1.165, 1.54) is 12.8 Å². The number of carbonyl (C=O) groups is 2. The summed E-state index contributed by atoms with van der Waals surface area (Å²) >= 11 is 1.63. The molecule has 1 saturated heterocycles. The molecule has 2 N–H and O–H groups in total. The molecule has 0 unspecified atom stereocenters. The van der Waals surface area contributed by atoms with Gasteiger partial charge in [-0.3, -0.25) is 9.59 Å². The minimum Gasteiger partial charge on any atom is -0.361 e. The molecule has 120 valence electrons. The number of H-pyrrole nitrogens is 1. The summed E-state index contributed by atoms with van der Waals surface area (Å²) in [6, 6.07) is 7.21. The van der Waals surface area contributed by atoms with Crippen LogP contribution in [0.4, 0.5) is 0 Å². The zero-order valence-electron chi connectivity index (χ0n) is 12.7. The van der Waals surface area contributed by atoms with Gasteiger partial charge in [-0.15, -0.1) is 11.8 Å². The molecule has 2 aliphatic rings. The van der Waals surface area contributed by atoms with Crippen molar-refractivity contribution < 1.29 is 9.59 Å². The topological polar surface area (TPSA) is 65.2 Å². The van der Waals surface area contributed by atoms with E-state index >= 15 is 0 Å². The van der Waals surface area contributed by atoms with E-state index in [1.54, 1.807) is 16.7 Å². The summed E-state index contributed by atoms with van der Waals surface area (Å²) in [6.45, 7) is 0.747. The fourth-order valence-corrected chi connectivity index (χ4v) is 4.05. The molecule has 1 aromatic carbocycles. The monoisotopic (exact) mass is 329 g/mol. The van der Waals surface area contributed by atoms with Crippen molar-refractivity contribution in [2.24, 2.45) is 5.92 Å². The molecule has 2 amide bonds. The fourth-order valence-electron chi connectivity index (χ4n) is 2.90. The van der Waals surface area contributed by atoms with Crippen LogP contribution >= 0.6 is 11.8 Å². The summed E-state index contributed by atoms with van der Waals surface area (Å²) in [4.78, 5) is 30.0. The van der Waals surface area contributed by atoms with Gasteiger partial charge < -0.3 is 15.2 Å². The van der Waals surface area contributed by atoms with Crippen LogP contribution in [0.3, 0.4) is 0 Å². The largest absolute Gasteiger partial charge is 0.361 e. The first-order valence-corrected chi connectivity index (χ1v) is 9.11. The molecule has 0 bridgehead atoms. The van der Waals surface area contributed by atoms with E-state index in [1.807, 2.05) is 30.5 Å². The van der Waals surface area contributed by atoms with Gasteiger partial charge in [-0.25, -0.2) is 0 Å². The highest BCUT2D eigenvalue weighted by atomic mass is 32.2. The summed E-state index contributed by atoms with van der Waals surface area (Å²) in [7, 11) is 0. The maximum atomic E-state index is 12.8. The number of hydrogen-bond acceptors (Lipinski definition) is 3. The minimum absolute atomic E-state index is 0.0158. The Balaban J connectivity index is 1.50. The lowest BCUT2D eigenvalue weighted by Crippen LogP contribution is -2.47. The summed E-state index contributed by atoms with van der Waals surface area (Å²) < 4.78 is 0. The predicted molar refractivity (Wildman–Crippen MR) is 91.3 cm³/mol. The molecular formula is C17H19N3O2S. The third-order valence-corrected chi connectivity index (χ3v) is 5.52. The van der Waals surface area contributed by atoms with Crippen molar-refractivity contribution in [1.29, 1.82) is 0 Å². The lowest BCUT2D eigenvalue weighted by Gasteiger charge is -2.23. The third-order valence-electron chi connectivity index (χ3n) is 4.51. The molecule has 5 nitrogen and oxygen atoms in total. The summed E-state index contributed by atoms with van der Waals surface area (Å²) in [5.74, 6) is 1.82. The zero-order chi connectivity index (χ0) is 15.8. The van der Waals surface area contributed by atoms with Crippen LogP contribution < -0.4 is 5.32 Å². The van der Waals surface area contributed by atoms with Gasteiger partial charge in [0.1, 0.15) is 6.04 Å². The number of carbonyl (C=O) groups excluding carboxylic acids is 2. The number of aromatic amines is 1. The molecule has 0 radical (unpaired) electrons. The second kappa shape index (κ2) is 5.92. The standard InChI is InChI=1S/C17H19N3O2S/c21-16(19-8-11-1-2-11)15-9-23-10-20(15)17(22)13-3-4-14-12(7-13)5-6-18-14/h3-7,11,15,18H,1-2,8-10H2,(H,19,21)/t15-/m1/s1. The molecule has 1 saturated carbocycles. The van der Waals surface area contributed by atoms with Crippen LogP contribution in [-0.4, -0.2) is 45.9 Å². The molecule has 2 aromatic rings. The van der Waals surface area contributed by atoms with Crippen molar-refractivity contribution in [3.8, 4) is 0 Å². The Bertz CT molecular complexity index is 753. The highest BCUT2D eigenvalue weighted by Crippen LogP contribution is 2.28. The van der Waals surface area contributed by atoms with Gasteiger partial charge in [-0.2, -0.15) is 0 Å². The Hall–Kier alpha value is -1.95. The van der Waals surface area contributed by atoms with Crippen molar-refractivity contribution >= 4 is 34.5 Å². The number of thioether (sulfide) groups is 1. The van der Waals surface area contributed by atoms with Crippen molar-refractivity contribution in [3.63, 3.8) is 0 Å². The number of benzene rings is 1. The molecule has 2 fully saturated rings. The van der Waals surface area contributed by atoms with Gasteiger partial charge in [0, 0.05) is 35.0 Å². The quantitative estimate of drug-likeness (QED) is 0.904. The van der Waals surface area contributed by atoms with Crippen molar-refractivity contribution in [3.05, 3.63) is 36.0 Å². The zero-order valence-corrected chi connectivity index (χ0v) is 13.6. The second-order valence-corrected chi connectivity index (χ2v) is 7.26. The average molecular weight is 329 g/mol. The summed E-state index contributed by atoms with van der Waals surface area (Å²) in [5.41, 5.74) is 1.65. The first kappa shape index (κ1) is 14.6. The number of nitrogens with one attached hydrogen (secondary N) is 2. The Morgan fingerprint density at radius 3 is 3.00 bits per heavy atom. The SMILES string of the molecule is O=C(NCC1CC1)[C@H]1CSCN1C(=O)c1ccc2[nH]ccc2c1. The fraction of sp³-hybridized carbons (Fsp3) is 0.412. The Morgan fingerprint density at radius 1 is 1.30 bits per heavy atom. The highest BCUT2D eigenvalue weighted by molar-refractivity contribution is 7.99. The van der Waals surface area contributed by atoms with Crippen LogP contribution in [-0.2, 0) is 4.79 Å². The number of fused-ring (bicyclic) bond motifs is 1. The molecule has 1 aliphatic carbocycles. The average Bonchev–Trinajstić information content (AvgIpc) is 3.08. The van der Waals surface area contributed by atoms with Gasteiger partial charge in [0.2, 0.25) is 5.91 Å². The third kappa shape index (κ3) is 2.95. The van der Waals surface area contributed by atoms with Crippen LogP contribution in [0.5, 0.6) is 0 Å². The van der Waals surface area contributed by atoms with E-state index < -0.39 is 0 Å². The van der Waals surface area contributed by atoms with E-state index in [-0.39, 0.29) is 17.9 Å². The van der Waals surface area contributed by atoms with Crippen LogP contribution in [0.25, 0.3) is 10.9 Å². The molecule has 0 spiro atoms. The van der Waals surface area contributed by atoms with Gasteiger partial charge in [0.25, 0.3) is 5.91 Å². The van der Waals surface area contributed by atoms with Gasteiger partial charge in [-0.1, -0.05) is 0 Å². The molecular weight excluding hydrogens is 310 g/mol. The maximum absolute atomic E-state index is 12.8. The lowest BCUT2D eigenvalue weighted by molar-refractivity contribution is -0.124. The minimum atomic E-state index is -0.354. The lowest BCUT2D eigenvalue weighted by atomic mass is 10.1. The smallest absolute Gasteiger partial charge is 0.255 e. The van der Waals surface area contributed by atoms with Gasteiger partial charge in [0.15, 0.2) is 0 Å². The van der Waals surface area contributed by atoms with Crippen LogP contribution in [0.1, 0.15) is 23.2 Å². The second-order valence-electron chi connectivity index (χ2n) is 6.26. The Kier molecular flexibility index (Phi) is 3.77. The van der Waals surface area contributed by atoms with E-state index in [4.69, 9.17) is 0 Å². The summed E-state index contributed by atoms with van der Waals surface area (Å²) in [5, 5.41) is 4.01. The molecule has 23 heavy (non-hydrogen) atoms. The van der Waals surface area contributed by atoms with Crippen molar-refractivity contribution in [1.82, 2.24) is 15.2 Å². The normalized spacial score (nSPS) is 20.9. The van der Waals surface area contributed by atoms with E-state index in [2.05, 4.69) is 10.3 Å². The van der Waals surface area contributed by atoms with E-state index in [9.17, 15) is 9.59 Å². The van der Waals surface area contributed by atoms with Crippen LogP contribution in [0.15, 0.2) is 30.5 Å². The van der Waals surface area contributed by atoms with Gasteiger partial charge in [-0.05, 0) is 43.0 Å². The van der Waals surface area contributed by atoms with E-state index in [0.29, 0.717) is 23.1 Å². The number of rotatable bonds is 4. The number of amides is 2. The first-order chi connectivity index (χ1) is 11.2. The summed E-state index contributed by atoms with van der Waals surface area (Å²) in [6.07, 6.45) is 4.27. The highest BCUT2D eigenvalue weighted by Gasteiger charge is 2.35. The Morgan fingerprint density at radius 2 is 2.17 bits per heavy atom. The Labute approximate surface area is 138 Å². The number of nitrogens with zero attached hydrogens (tertiary/aromatic N) is 1. The molecule has 1 aromatic heterocycles. The number of aromatic nitrogens is 1. The van der Waals surface area contributed by atoms with Crippen LogP contribution in [0.2, 0.25) is 0 Å². The van der Waals surface area contributed by atoms with Crippen molar-refractivity contribution in [2.75, 3.05) is 18.2 Å². The molecule has 1 atom stereocenters. The number of hydrogen-bond donors (Lipinski definition) is 2. The van der Waals surface area contributed by atoms with Crippen LogP contribution in [0, 0.1) is 5.92 Å². The first-order valence-electron chi connectivity index (χ1n) is 7.96. The predicted octanol–water partition coefficient (Wildman–Crippen LogP) is 2.21. The molecule has 1 aliphatic heterocycles.